The van der Waals surface area contributed by atoms with Crippen molar-refractivity contribution in [3.8, 4) is 0 Å². The van der Waals surface area contributed by atoms with Gasteiger partial charge in [-0.3, -0.25) is 14.9 Å². The molecular weight excluding hydrogens is 458 g/mol. The molecule has 9 nitrogen and oxygen atoms in total. The number of anilines is 4. The number of benzene rings is 2. The molecule has 0 unspecified atom stereocenters. The lowest BCUT2D eigenvalue weighted by molar-refractivity contribution is -0.150. The van der Waals surface area contributed by atoms with E-state index in [2.05, 4.69) is 26.3 Å². The van der Waals surface area contributed by atoms with Crippen LogP contribution in [0.25, 0.3) is 0 Å². The molecule has 36 heavy (non-hydrogen) atoms. The van der Waals surface area contributed by atoms with Crippen molar-refractivity contribution in [3.63, 3.8) is 0 Å². The first-order valence-corrected chi connectivity index (χ1v) is 11.6. The Morgan fingerprint density at radius 3 is 2.28 bits per heavy atom. The predicted molar refractivity (Wildman–Crippen MR) is 141 cm³/mol. The summed E-state index contributed by atoms with van der Waals surface area (Å²) in [6.45, 7) is 5.94. The summed E-state index contributed by atoms with van der Waals surface area (Å²) in [6, 6.07) is 17.9. The number of nitrogens with one attached hydrogen (secondary N) is 4. The Morgan fingerprint density at radius 2 is 1.64 bits per heavy atom. The van der Waals surface area contributed by atoms with Crippen LogP contribution in [0.15, 0.2) is 66.9 Å². The molecule has 9 heteroatoms. The van der Waals surface area contributed by atoms with Crippen LogP contribution in [-0.4, -0.2) is 36.5 Å². The minimum Gasteiger partial charge on any atom is -0.469 e. The molecule has 0 aliphatic carbocycles. The van der Waals surface area contributed by atoms with Crippen molar-refractivity contribution in [1.82, 2.24) is 10.3 Å². The number of ether oxygens (including phenoxy) is 1. The number of pyridine rings is 1. The third-order valence-corrected chi connectivity index (χ3v) is 5.38. The van der Waals surface area contributed by atoms with Gasteiger partial charge in [-0.2, -0.15) is 0 Å². The Bertz CT molecular complexity index is 1210. The smallest absolute Gasteiger partial charge is 0.320 e. The number of amides is 3. The first kappa shape index (κ1) is 26.2. The van der Waals surface area contributed by atoms with Crippen molar-refractivity contribution >= 4 is 40.8 Å². The number of rotatable bonds is 9. The van der Waals surface area contributed by atoms with Gasteiger partial charge in [0.2, 0.25) is 0 Å². The highest BCUT2D eigenvalue weighted by Crippen LogP contribution is 2.26. The SMILES string of the molecule is CCNC(=O)Nc1cc(Nc2ccccc2)c(C(=O)Nc2ccc(CC(C)(C)C(=O)OC)cc2)cn1. The minimum atomic E-state index is -0.660. The van der Waals surface area contributed by atoms with Gasteiger partial charge in [-0.15, -0.1) is 0 Å². The van der Waals surface area contributed by atoms with Gasteiger partial charge in [0.05, 0.1) is 23.8 Å². The van der Waals surface area contributed by atoms with Crippen LogP contribution in [0.4, 0.5) is 27.7 Å². The summed E-state index contributed by atoms with van der Waals surface area (Å²) in [5.74, 6) is -0.349. The van der Waals surface area contributed by atoms with E-state index in [-0.39, 0.29) is 17.9 Å². The number of carbonyl (C=O) groups is 3. The molecule has 1 heterocycles. The van der Waals surface area contributed by atoms with Crippen molar-refractivity contribution in [3.05, 3.63) is 78.0 Å². The number of hydrogen-bond donors (Lipinski definition) is 4. The summed E-state index contributed by atoms with van der Waals surface area (Å²) in [5.41, 5.74) is 2.44. The zero-order valence-electron chi connectivity index (χ0n) is 20.8. The lowest BCUT2D eigenvalue weighted by Crippen LogP contribution is -2.28. The molecule has 0 bridgehead atoms. The maximum absolute atomic E-state index is 13.2. The second-order valence-electron chi connectivity index (χ2n) is 8.79. The van der Waals surface area contributed by atoms with Gasteiger partial charge in [0.25, 0.3) is 5.91 Å². The van der Waals surface area contributed by atoms with Crippen LogP contribution >= 0.6 is 0 Å². The first-order valence-electron chi connectivity index (χ1n) is 11.6. The lowest BCUT2D eigenvalue weighted by Gasteiger charge is -2.21. The van der Waals surface area contributed by atoms with Crippen LogP contribution in [0.3, 0.4) is 0 Å². The van der Waals surface area contributed by atoms with Gasteiger partial charge in [0.15, 0.2) is 0 Å². The molecule has 0 fully saturated rings. The third kappa shape index (κ3) is 7.05. The van der Waals surface area contributed by atoms with Crippen LogP contribution in [-0.2, 0) is 16.0 Å². The molecule has 0 atom stereocenters. The van der Waals surface area contributed by atoms with Crippen LogP contribution < -0.4 is 21.3 Å². The van der Waals surface area contributed by atoms with E-state index in [9.17, 15) is 14.4 Å². The molecule has 3 aromatic rings. The highest BCUT2D eigenvalue weighted by Gasteiger charge is 2.28. The van der Waals surface area contributed by atoms with Gasteiger partial charge in [-0.05, 0) is 57.0 Å². The van der Waals surface area contributed by atoms with E-state index < -0.39 is 5.41 Å². The van der Waals surface area contributed by atoms with Crippen LogP contribution in [0, 0.1) is 5.41 Å². The van der Waals surface area contributed by atoms with E-state index in [1.807, 2.05) is 63.2 Å². The molecule has 4 N–H and O–H groups in total. The Hall–Kier alpha value is -4.40. The van der Waals surface area contributed by atoms with Crippen molar-refractivity contribution in [2.45, 2.75) is 27.2 Å². The monoisotopic (exact) mass is 489 g/mol. The molecule has 0 saturated carbocycles. The third-order valence-electron chi connectivity index (χ3n) is 5.38. The Kier molecular flexibility index (Phi) is 8.61. The number of urea groups is 1. The average molecular weight is 490 g/mol. The molecule has 2 aromatic carbocycles. The van der Waals surface area contributed by atoms with E-state index in [0.29, 0.717) is 35.7 Å². The van der Waals surface area contributed by atoms with Gasteiger partial charge in [0.1, 0.15) is 5.82 Å². The highest BCUT2D eigenvalue weighted by molar-refractivity contribution is 6.08. The fraction of sp³-hybridized carbons (Fsp3) is 0.259. The topological polar surface area (TPSA) is 121 Å². The van der Waals surface area contributed by atoms with E-state index in [0.717, 1.165) is 11.3 Å². The normalized spacial score (nSPS) is 10.8. The fourth-order valence-electron chi connectivity index (χ4n) is 3.57. The fourth-order valence-corrected chi connectivity index (χ4v) is 3.57. The molecule has 0 aliphatic heterocycles. The largest absolute Gasteiger partial charge is 0.469 e. The number of aromatic nitrogens is 1. The van der Waals surface area contributed by atoms with Crippen molar-refractivity contribution in [1.29, 1.82) is 0 Å². The molecule has 1 aromatic heterocycles. The number of methoxy groups -OCH3 is 1. The zero-order chi connectivity index (χ0) is 26.1. The first-order chi connectivity index (χ1) is 17.2. The van der Waals surface area contributed by atoms with Crippen LogP contribution in [0.1, 0.15) is 36.7 Å². The summed E-state index contributed by atoms with van der Waals surface area (Å²) in [4.78, 5) is 41.3. The second kappa shape index (κ2) is 11.8. The molecule has 3 amide bonds. The van der Waals surface area contributed by atoms with E-state index in [1.54, 1.807) is 18.2 Å². The summed E-state index contributed by atoms with van der Waals surface area (Å²) >= 11 is 0. The Morgan fingerprint density at radius 1 is 0.944 bits per heavy atom. The van der Waals surface area contributed by atoms with E-state index in [4.69, 9.17) is 4.74 Å². The predicted octanol–water partition coefficient (Wildman–Crippen LogP) is 4.96. The maximum Gasteiger partial charge on any atom is 0.320 e. The summed E-state index contributed by atoms with van der Waals surface area (Å²) in [6.07, 6.45) is 1.92. The molecule has 188 valence electrons. The molecule has 0 aliphatic rings. The quantitative estimate of drug-likeness (QED) is 0.315. The zero-order valence-corrected chi connectivity index (χ0v) is 20.8. The maximum atomic E-state index is 13.2. The number of nitrogens with zero attached hydrogens (tertiary/aromatic N) is 1. The summed E-state index contributed by atoms with van der Waals surface area (Å²) < 4.78 is 4.87. The molecule has 0 spiro atoms. The minimum absolute atomic E-state index is 0.282. The standard InChI is InChI=1S/C27H31N5O4/c1-5-28-26(35)32-23-15-22(30-19-9-7-6-8-10-19)21(17-29-23)24(33)31-20-13-11-18(12-14-20)16-27(2,3)25(34)36-4/h6-15,17H,5,16H2,1-4H3,(H,31,33)(H3,28,29,30,32,35). The Labute approximate surface area is 210 Å². The van der Waals surface area contributed by atoms with Gasteiger partial charge in [0, 0.05) is 30.2 Å². The molecule has 0 radical (unpaired) electrons. The number of hydrogen-bond acceptors (Lipinski definition) is 6. The average Bonchev–Trinajstić information content (AvgIpc) is 2.85. The van der Waals surface area contributed by atoms with Gasteiger partial charge < -0.3 is 20.7 Å². The van der Waals surface area contributed by atoms with Crippen molar-refractivity contribution in [2.24, 2.45) is 5.41 Å². The van der Waals surface area contributed by atoms with Crippen LogP contribution in [0.2, 0.25) is 0 Å². The second-order valence-corrected chi connectivity index (χ2v) is 8.79. The van der Waals surface area contributed by atoms with Gasteiger partial charge in [-0.1, -0.05) is 30.3 Å². The Balaban J connectivity index is 1.79. The molecule has 3 rings (SSSR count). The van der Waals surface area contributed by atoms with Crippen molar-refractivity contribution in [2.75, 3.05) is 29.6 Å². The van der Waals surface area contributed by atoms with Gasteiger partial charge >= 0.3 is 12.0 Å². The van der Waals surface area contributed by atoms with E-state index >= 15 is 0 Å². The number of esters is 1. The number of para-hydroxylation sites is 1. The summed E-state index contributed by atoms with van der Waals surface area (Å²) in [7, 11) is 1.38. The highest BCUT2D eigenvalue weighted by atomic mass is 16.5. The van der Waals surface area contributed by atoms with E-state index in [1.165, 1.54) is 13.3 Å². The lowest BCUT2D eigenvalue weighted by atomic mass is 9.86. The van der Waals surface area contributed by atoms with Gasteiger partial charge in [-0.25, -0.2) is 9.78 Å². The molecule has 0 saturated heterocycles. The summed E-state index contributed by atoms with van der Waals surface area (Å²) in [5, 5.41) is 11.4. The molecular formula is C27H31N5O4. The number of carbonyl (C=O) groups excluding carboxylic acids is 3. The van der Waals surface area contributed by atoms with Crippen molar-refractivity contribution < 1.29 is 19.1 Å². The van der Waals surface area contributed by atoms with Crippen LogP contribution in [0.5, 0.6) is 0 Å².